The Hall–Kier alpha value is -1.74. The van der Waals surface area contributed by atoms with Crippen molar-refractivity contribution in [3.63, 3.8) is 0 Å². The standard InChI is InChI=1S/C29H50O7Si/c1-20(19-30)12-11-13-21(2)27-22(3)14-15-25(34-23(4)31)29(8,33)17-16-24(18-26(32)35-27)36-37(9,10)28(5,6)7/h11-15,20,22,24-25,27,30,33H,16-19H2,1-10H3/b12-11+,15-14+,21-13+/t20-,22+,24-,25+,27-,29-/m1/s1. The Labute approximate surface area is 225 Å². The highest BCUT2D eigenvalue weighted by Crippen LogP contribution is 2.39. The average Bonchev–Trinajstić information content (AvgIpc) is 2.76. The van der Waals surface area contributed by atoms with Crippen molar-refractivity contribution in [2.45, 2.75) is 117 Å². The monoisotopic (exact) mass is 538 g/mol. The quantitative estimate of drug-likeness (QED) is 0.192. The summed E-state index contributed by atoms with van der Waals surface area (Å²) in [4.78, 5) is 25.0. The Morgan fingerprint density at radius 3 is 2.46 bits per heavy atom. The number of rotatable bonds is 7. The Morgan fingerprint density at radius 1 is 1.30 bits per heavy atom. The van der Waals surface area contributed by atoms with Crippen LogP contribution < -0.4 is 0 Å². The Morgan fingerprint density at radius 2 is 1.92 bits per heavy atom. The molecule has 2 N–H and O–H groups in total. The number of carbonyl (C=O) groups excluding carboxylic acids is 2. The average molecular weight is 539 g/mol. The molecule has 7 nitrogen and oxygen atoms in total. The lowest BCUT2D eigenvalue weighted by atomic mass is 9.88. The Balaban J connectivity index is 3.44. The molecule has 0 unspecified atom stereocenters. The van der Waals surface area contributed by atoms with Gasteiger partial charge >= 0.3 is 11.9 Å². The summed E-state index contributed by atoms with van der Waals surface area (Å²) in [6, 6.07) is 0. The van der Waals surface area contributed by atoms with Gasteiger partial charge in [0, 0.05) is 19.4 Å². The molecule has 0 aliphatic carbocycles. The van der Waals surface area contributed by atoms with E-state index in [1.165, 1.54) is 6.92 Å². The van der Waals surface area contributed by atoms with Gasteiger partial charge in [-0.3, -0.25) is 9.59 Å². The van der Waals surface area contributed by atoms with E-state index < -0.39 is 38.2 Å². The van der Waals surface area contributed by atoms with Crippen molar-refractivity contribution >= 4 is 20.3 Å². The van der Waals surface area contributed by atoms with Crippen LogP contribution in [-0.4, -0.2) is 61.0 Å². The molecular weight excluding hydrogens is 488 g/mol. The maximum Gasteiger partial charge on any atom is 0.308 e. The number of aliphatic hydroxyl groups excluding tert-OH is 1. The molecule has 0 spiro atoms. The number of ether oxygens (including phenoxy) is 2. The highest BCUT2D eigenvalue weighted by molar-refractivity contribution is 6.74. The molecule has 0 amide bonds. The third-order valence-corrected chi connectivity index (χ3v) is 11.9. The van der Waals surface area contributed by atoms with Crippen molar-refractivity contribution < 1.29 is 33.7 Å². The predicted octanol–water partition coefficient (Wildman–Crippen LogP) is 5.48. The van der Waals surface area contributed by atoms with Crippen LogP contribution in [0, 0.1) is 11.8 Å². The van der Waals surface area contributed by atoms with E-state index in [1.54, 1.807) is 13.0 Å². The smallest absolute Gasteiger partial charge is 0.308 e. The molecule has 0 saturated heterocycles. The number of esters is 2. The van der Waals surface area contributed by atoms with Gasteiger partial charge in [0.15, 0.2) is 8.32 Å². The summed E-state index contributed by atoms with van der Waals surface area (Å²) in [6.07, 6.45) is 8.04. The van der Waals surface area contributed by atoms with Crippen LogP contribution in [0.4, 0.5) is 0 Å². The molecule has 0 aromatic carbocycles. The molecule has 1 aliphatic rings. The zero-order valence-corrected chi connectivity index (χ0v) is 25.5. The molecule has 1 aliphatic heterocycles. The molecular formula is C29H50O7Si. The van der Waals surface area contributed by atoms with E-state index in [0.29, 0.717) is 6.42 Å². The van der Waals surface area contributed by atoms with Crippen LogP contribution in [0.15, 0.2) is 36.0 Å². The topological polar surface area (TPSA) is 102 Å². The first-order chi connectivity index (χ1) is 16.9. The summed E-state index contributed by atoms with van der Waals surface area (Å²) in [5.74, 6) is -1.07. The van der Waals surface area contributed by atoms with Crippen molar-refractivity contribution in [2.75, 3.05) is 6.61 Å². The maximum atomic E-state index is 13.2. The summed E-state index contributed by atoms with van der Waals surface area (Å²) in [5, 5.41) is 20.5. The summed E-state index contributed by atoms with van der Waals surface area (Å²) < 4.78 is 18.1. The normalized spacial score (nSPS) is 30.7. The fraction of sp³-hybridized carbons (Fsp3) is 0.724. The van der Waals surface area contributed by atoms with E-state index in [2.05, 4.69) is 33.9 Å². The number of hydrogen-bond donors (Lipinski definition) is 2. The van der Waals surface area contributed by atoms with E-state index in [0.717, 1.165) is 5.57 Å². The molecule has 0 fully saturated rings. The van der Waals surface area contributed by atoms with Gasteiger partial charge in [0.05, 0.1) is 12.5 Å². The largest absolute Gasteiger partial charge is 0.457 e. The fourth-order valence-corrected chi connectivity index (χ4v) is 5.25. The SMILES string of the molecule is CC(=O)O[C@H]1/C=C/[C@H](C)[C@@H](/C(C)=C/C=C/[C@@H](C)CO)OC(=O)C[C@H](O[Si](C)(C)C(C)(C)C)CC[C@@]1(C)O. The molecule has 1 heterocycles. The minimum atomic E-state index is -2.22. The van der Waals surface area contributed by atoms with Gasteiger partial charge in [0.2, 0.25) is 0 Å². The molecule has 212 valence electrons. The zero-order chi connectivity index (χ0) is 28.6. The lowest BCUT2D eigenvalue weighted by molar-refractivity contribution is -0.157. The number of carbonyl (C=O) groups is 2. The summed E-state index contributed by atoms with van der Waals surface area (Å²) in [7, 11) is -2.22. The van der Waals surface area contributed by atoms with Crippen molar-refractivity contribution in [1.82, 2.24) is 0 Å². The third-order valence-electron chi connectivity index (χ3n) is 7.40. The molecule has 37 heavy (non-hydrogen) atoms. The summed E-state index contributed by atoms with van der Waals surface area (Å²) in [6.45, 7) is 19.4. The van der Waals surface area contributed by atoms with Gasteiger partial charge in [-0.05, 0) is 62.4 Å². The summed E-state index contributed by atoms with van der Waals surface area (Å²) in [5.41, 5.74) is -0.509. The molecule has 0 bridgehead atoms. The Bertz CT molecular complexity index is 851. The molecule has 6 atom stereocenters. The zero-order valence-electron chi connectivity index (χ0n) is 24.5. The second-order valence-corrected chi connectivity index (χ2v) is 17.0. The van der Waals surface area contributed by atoms with E-state index in [-0.39, 0.29) is 42.3 Å². The minimum Gasteiger partial charge on any atom is -0.457 e. The lowest BCUT2D eigenvalue weighted by Gasteiger charge is -2.40. The molecule has 0 aromatic rings. The van der Waals surface area contributed by atoms with Crippen LogP contribution in [0.5, 0.6) is 0 Å². The van der Waals surface area contributed by atoms with Crippen molar-refractivity contribution in [1.29, 1.82) is 0 Å². The Kier molecular flexibility index (Phi) is 12.5. The van der Waals surface area contributed by atoms with Crippen molar-refractivity contribution in [2.24, 2.45) is 11.8 Å². The van der Waals surface area contributed by atoms with Gasteiger partial charge in [-0.25, -0.2) is 0 Å². The molecule has 0 aromatic heterocycles. The van der Waals surface area contributed by atoms with Crippen LogP contribution in [0.3, 0.4) is 0 Å². The maximum absolute atomic E-state index is 13.2. The van der Waals surface area contributed by atoms with E-state index in [4.69, 9.17) is 13.9 Å². The minimum absolute atomic E-state index is 0.0141. The van der Waals surface area contributed by atoms with Gasteiger partial charge in [-0.15, -0.1) is 0 Å². The number of allylic oxidation sites excluding steroid dienone is 2. The van der Waals surface area contributed by atoms with E-state index in [1.807, 2.05) is 45.1 Å². The predicted molar refractivity (Wildman–Crippen MR) is 149 cm³/mol. The number of hydrogen-bond acceptors (Lipinski definition) is 7. The second-order valence-electron chi connectivity index (χ2n) is 12.2. The fourth-order valence-electron chi connectivity index (χ4n) is 3.86. The molecule has 1 rings (SSSR count). The molecule has 0 radical (unpaired) electrons. The van der Waals surface area contributed by atoms with Crippen LogP contribution in [0.25, 0.3) is 0 Å². The van der Waals surface area contributed by atoms with Crippen LogP contribution >= 0.6 is 0 Å². The van der Waals surface area contributed by atoms with Gasteiger partial charge in [0.25, 0.3) is 0 Å². The van der Waals surface area contributed by atoms with Gasteiger partial charge in [-0.2, -0.15) is 0 Å². The van der Waals surface area contributed by atoms with E-state index >= 15 is 0 Å². The van der Waals surface area contributed by atoms with Crippen molar-refractivity contribution in [3.8, 4) is 0 Å². The summed E-state index contributed by atoms with van der Waals surface area (Å²) >= 11 is 0. The molecule has 8 heteroatoms. The molecule has 0 saturated carbocycles. The van der Waals surface area contributed by atoms with Gasteiger partial charge < -0.3 is 24.1 Å². The lowest BCUT2D eigenvalue weighted by Crippen LogP contribution is -2.46. The van der Waals surface area contributed by atoms with Crippen LogP contribution in [0.1, 0.15) is 74.7 Å². The number of cyclic esters (lactones) is 1. The highest BCUT2D eigenvalue weighted by atomic mass is 28.4. The number of aliphatic hydroxyl groups is 2. The van der Waals surface area contributed by atoms with Crippen LogP contribution in [-0.2, 0) is 23.5 Å². The third kappa shape index (κ3) is 10.9. The van der Waals surface area contributed by atoms with Crippen molar-refractivity contribution in [3.05, 3.63) is 36.0 Å². The second kappa shape index (κ2) is 13.9. The first kappa shape index (κ1) is 33.3. The van der Waals surface area contributed by atoms with E-state index in [9.17, 15) is 19.8 Å². The highest BCUT2D eigenvalue weighted by Gasteiger charge is 2.41. The van der Waals surface area contributed by atoms with Gasteiger partial charge in [-0.1, -0.05) is 58.9 Å². The first-order valence-corrected chi connectivity index (χ1v) is 16.2. The van der Waals surface area contributed by atoms with Gasteiger partial charge in [0.1, 0.15) is 17.8 Å². The first-order valence-electron chi connectivity index (χ1n) is 13.3. The van der Waals surface area contributed by atoms with Crippen LogP contribution in [0.2, 0.25) is 18.1 Å².